The van der Waals surface area contributed by atoms with Crippen LogP contribution in [0.1, 0.15) is 46.2 Å². The van der Waals surface area contributed by atoms with Gasteiger partial charge in [0.1, 0.15) is 5.69 Å². The first-order valence-corrected chi connectivity index (χ1v) is 9.29. The molecule has 0 saturated heterocycles. The van der Waals surface area contributed by atoms with E-state index in [9.17, 15) is 9.59 Å². The number of benzene rings is 2. The highest BCUT2D eigenvalue weighted by atomic mass is 16.5. The monoisotopic (exact) mass is 389 g/mol. The number of rotatable bonds is 6. The first kappa shape index (κ1) is 20.1. The van der Waals surface area contributed by atoms with Crippen LogP contribution in [0.4, 0.5) is 17.1 Å². The number of carbonyl (C=O) groups excluding carboxylic acids is 2. The first-order valence-electron chi connectivity index (χ1n) is 9.29. The van der Waals surface area contributed by atoms with Crippen molar-refractivity contribution in [3.8, 4) is 0 Å². The molecule has 3 aromatic rings. The van der Waals surface area contributed by atoms with Crippen LogP contribution in [-0.2, 0) is 4.74 Å². The molecule has 0 aliphatic rings. The van der Waals surface area contributed by atoms with Gasteiger partial charge in [0.2, 0.25) is 0 Å². The number of pyridine rings is 1. The van der Waals surface area contributed by atoms with Gasteiger partial charge in [-0.05, 0) is 53.9 Å². The molecule has 0 saturated carbocycles. The zero-order chi connectivity index (χ0) is 20.8. The molecule has 29 heavy (non-hydrogen) atoms. The normalized spacial score (nSPS) is 10.5. The largest absolute Gasteiger partial charge is 0.465 e. The van der Waals surface area contributed by atoms with Gasteiger partial charge in [-0.3, -0.25) is 4.79 Å². The fourth-order valence-electron chi connectivity index (χ4n) is 2.76. The number of amides is 1. The van der Waals surface area contributed by atoms with Crippen LogP contribution >= 0.6 is 0 Å². The molecule has 0 spiro atoms. The summed E-state index contributed by atoms with van der Waals surface area (Å²) in [4.78, 5) is 28.3. The van der Waals surface area contributed by atoms with E-state index in [0.29, 0.717) is 17.2 Å². The summed E-state index contributed by atoms with van der Waals surface area (Å²) in [6, 6.07) is 18.2. The summed E-state index contributed by atoms with van der Waals surface area (Å²) in [6.45, 7) is 4.31. The Morgan fingerprint density at radius 2 is 1.66 bits per heavy atom. The number of ether oxygens (including phenoxy) is 1. The highest BCUT2D eigenvalue weighted by molar-refractivity contribution is 6.03. The maximum absolute atomic E-state index is 12.4. The standard InChI is InChI=1S/C23H23N3O3/c1-15(2)16-7-9-18(10-8-16)25-20-11-12-21(24-14-20)22(27)26-19-6-4-5-17(13-19)23(28)29-3/h4-15,25H,1-3H3,(H,26,27). The van der Waals surface area contributed by atoms with E-state index in [1.54, 1.807) is 42.6 Å². The maximum Gasteiger partial charge on any atom is 0.337 e. The highest BCUT2D eigenvalue weighted by Crippen LogP contribution is 2.20. The summed E-state index contributed by atoms with van der Waals surface area (Å²) in [5.74, 6) is -0.340. The molecule has 0 atom stereocenters. The van der Waals surface area contributed by atoms with Crippen molar-refractivity contribution in [3.05, 3.63) is 83.7 Å². The highest BCUT2D eigenvalue weighted by Gasteiger charge is 2.10. The van der Waals surface area contributed by atoms with E-state index in [-0.39, 0.29) is 11.6 Å². The number of carbonyl (C=O) groups is 2. The third-order valence-corrected chi connectivity index (χ3v) is 4.40. The van der Waals surface area contributed by atoms with Crippen LogP contribution in [0.25, 0.3) is 0 Å². The zero-order valence-electron chi connectivity index (χ0n) is 16.6. The lowest BCUT2D eigenvalue weighted by Crippen LogP contribution is -2.14. The van der Waals surface area contributed by atoms with Gasteiger partial charge < -0.3 is 15.4 Å². The summed E-state index contributed by atoms with van der Waals surface area (Å²) in [5.41, 5.74) is 4.14. The van der Waals surface area contributed by atoms with Gasteiger partial charge in [-0.2, -0.15) is 0 Å². The van der Waals surface area contributed by atoms with E-state index in [4.69, 9.17) is 0 Å². The second-order valence-electron chi connectivity index (χ2n) is 6.86. The molecule has 148 valence electrons. The van der Waals surface area contributed by atoms with Gasteiger partial charge in [-0.25, -0.2) is 9.78 Å². The minimum Gasteiger partial charge on any atom is -0.465 e. The van der Waals surface area contributed by atoms with Crippen molar-refractivity contribution < 1.29 is 14.3 Å². The second-order valence-corrected chi connectivity index (χ2v) is 6.86. The summed E-state index contributed by atoms with van der Waals surface area (Å²) < 4.78 is 4.69. The predicted octanol–water partition coefficient (Wildman–Crippen LogP) is 4.99. The molecule has 6 nitrogen and oxygen atoms in total. The number of hydrogen-bond donors (Lipinski definition) is 2. The van der Waals surface area contributed by atoms with Gasteiger partial charge in [-0.15, -0.1) is 0 Å². The molecule has 6 heteroatoms. The SMILES string of the molecule is COC(=O)c1cccc(NC(=O)c2ccc(Nc3ccc(C(C)C)cc3)cn2)c1. The van der Waals surface area contributed by atoms with E-state index in [1.165, 1.54) is 12.7 Å². The minimum atomic E-state index is -0.462. The molecule has 0 fully saturated rings. The number of anilines is 3. The predicted molar refractivity (Wildman–Crippen MR) is 114 cm³/mol. The van der Waals surface area contributed by atoms with Crippen LogP contribution in [-0.4, -0.2) is 24.0 Å². The summed E-state index contributed by atoms with van der Waals surface area (Å²) in [6.07, 6.45) is 1.61. The van der Waals surface area contributed by atoms with Crippen LogP contribution in [0.2, 0.25) is 0 Å². The molecule has 1 amide bonds. The Morgan fingerprint density at radius 1 is 0.931 bits per heavy atom. The molecule has 3 rings (SSSR count). The lowest BCUT2D eigenvalue weighted by atomic mass is 10.0. The number of aromatic nitrogens is 1. The van der Waals surface area contributed by atoms with E-state index >= 15 is 0 Å². The van der Waals surface area contributed by atoms with Gasteiger partial charge in [0.15, 0.2) is 0 Å². The van der Waals surface area contributed by atoms with E-state index in [2.05, 4.69) is 46.3 Å². The number of methoxy groups -OCH3 is 1. The van der Waals surface area contributed by atoms with E-state index in [1.807, 2.05) is 12.1 Å². The summed E-state index contributed by atoms with van der Waals surface area (Å²) in [7, 11) is 1.31. The van der Waals surface area contributed by atoms with Crippen molar-refractivity contribution in [2.75, 3.05) is 17.7 Å². The van der Waals surface area contributed by atoms with Crippen LogP contribution in [0.3, 0.4) is 0 Å². The van der Waals surface area contributed by atoms with Crippen molar-refractivity contribution in [1.82, 2.24) is 4.98 Å². The molecule has 2 aromatic carbocycles. The van der Waals surface area contributed by atoms with Gasteiger partial charge in [0.05, 0.1) is 24.6 Å². The van der Waals surface area contributed by atoms with Crippen molar-refractivity contribution in [2.24, 2.45) is 0 Å². The number of nitrogens with one attached hydrogen (secondary N) is 2. The second kappa shape index (κ2) is 9.01. The van der Waals surface area contributed by atoms with Gasteiger partial charge in [0, 0.05) is 11.4 Å². The Bertz CT molecular complexity index is 997. The van der Waals surface area contributed by atoms with Gasteiger partial charge in [0.25, 0.3) is 5.91 Å². The Morgan fingerprint density at radius 3 is 2.28 bits per heavy atom. The maximum atomic E-state index is 12.4. The third-order valence-electron chi connectivity index (χ3n) is 4.40. The fourth-order valence-corrected chi connectivity index (χ4v) is 2.76. The molecule has 0 aliphatic heterocycles. The average Bonchev–Trinajstić information content (AvgIpc) is 2.74. The van der Waals surface area contributed by atoms with Crippen LogP contribution in [0, 0.1) is 0 Å². The van der Waals surface area contributed by atoms with Crippen molar-refractivity contribution in [3.63, 3.8) is 0 Å². The summed E-state index contributed by atoms with van der Waals surface area (Å²) >= 11 is 0. The molecule has 1 heterocycles. The quantitative estimate of drug-likeness (QED) is 0.581. The van der Waals surface area contributed by atoms with Crippen molar-refractivity contribution in [1.29, 1.82) is 0 Å². The minimum absolute atomic E-state index is 0.272. The zero-order valence-corrected chi connectivity index (χ0v) is 16.6. The molecule has 2 N–H and O–H groups in total. The van der Waals surface area contributed by atoms with Gasteiger partial charge >= 0.3 is 5.97 Å². The lowest BCUT2D eigenvalue weighted by molar-refractivity contribution is 0.0600. The average molecular weight is 389 g/mol. The van der Waals surface area contributed by atoms with Crippen LogP contribution in [0.15, 0.2) is 66.9 Å². The lowest BCUT2D eigenvalue weighted by Gasteiger charge is -2.10. The molecular formula is C23H23N3O3. The van der Waals surface area contributed by atoms with E-state index in [0.717, 1.165) is 11.4 Å². The molecule has 0 bridgehead atoms. The smallest absolute Gasteiger partial charge is 0.337 e. The number of hydrogen-bond acceptors (Lipinski definition) is 5. The first-order chi connectivity index (χ1) is 14.0. The van der Waals surface area contributed by atoms with Crippen LogP contribution < -0.4 is 10.6 Å². The van der Waals surface area contributed by atoms with Crippen molar-refractivity contribution >= 4 is 28.9 Å². The third kappa shape index (κ3) is 5.19. The summed E-state index contributed by atoms with van der Waals surface area (Å²) in [5, 5.41) is 6.00. The number of esters is 1. The van der Waals surface area contributed by atoms with E-state index < -0.39 is 5.97 Å². The van der Waals surface area contributed by atoms with Crippen LogP contribution in [0.5, 0.6) is 0 Å². The Hall–Kier alpha value is -3.67. The molecule has 1 aromatic heterocycles. The van der Waals surface area contributed by atoms with Crippen molar-refractivity contribution in [2.45, 2.75) is 19.8 Å². The molecular weight excluding hydrogens is 366 g/mol. The molecule has 0 radical (unpaired) electrons. The number of nitrogens with zero attached hydrogens (tertiary/aromatic N) is 1. The molecule has 0 aliphatic carbocycles. The van der Waals surface area contributed by atoms with Gasteiger partial charge in [-0.1, -0.05) is 32.0 Å². The molecule has 0 unspecified atom stereocenters. The Balaban J connectivity index is 1.65. The fraction of sp³-hybridized carbons (Fsp3) is 0.174. The Kier molecular flexibility index (Phi) is 6.24. The Labute approximate surface area is 169 Å². The topological polar surface area (TPSA) is 80.3 Å².